The van der Waals surface area contributed by atoms with Gasteiger partial charge < -0.3 is 10.2 Å². The third kappa shape index (κ3) is 5.42. The fourth-order valence-corrected chi connectivity index (χ4v) is 5.74. The van der Waals surface area contributed by atoms with Crippen molar-refractivity contribution in [2.45, 2.75) is 79.1 Å². The molecule has 1 saturated carbocycles. The maximum atomic E-state index is 11.5. The molecule has 0 spiro atoms. The van der Waals surface area contributed by atoms with Gasteiger partial charge in [-0.25, -0.2) is 4.98 Å². The number of nitrogens with zero attached hydrogens (tertiary/aromatic N) is 4. The first kappa shape index (κ1) is 24.2. The van der Waals surface area contributed by atoms with Crippen molar-refractivity contribution in [3.8, 4) is 0 Å². The van der Waals surface area contributed by atoms with Gasteiger partial charge in [0.05, 0.1) is 17.8 Å². The summed E-state index contributed by atoms with van der Waals surface area (Å²) in [5, 5.41) is 7.87. The van der Waals surface area contributed by atoms with Crippen LogP contribution in [0.2, 0.25) is 0 Å². The van der Waals surface area contributed by atoms with Crippen LogP contribution in [0.15, 0.2) is 12.3 Å². The van der Waals surface area contributed by atoms with Crippen molar-refractivity contribution < 1.29 is 4.79 Å². The zero-order chi connectivity index (χ0) is 23.4. The minimum absolute atomic E-state index is 0.170. The van der Waals surface area contributed by atoms with E-state index in [-0.39, 0.29) is 11.7 Å². The summed E-state index contributed by atoms with van der Waals surface area (Å²) < 4.78 is 1.93. The van der Waals surface area contributed by atoms with E-state index in [0.29, 0.717) is 0 Å². The van der Waals surface area contributed by atoms with Crippen LogP contribution in [0, 0.1) is 23.7 Å². The first-order chi connectivity index (χ1) is 16.0. The molecule has 2 unspecified atom stereocenters. The monoisotopic (exact) mass is 453 g/mol. The summed E-state index contributed by atoms with van der Waals surface area (Å²) in [6, 6.07) is 1.95. The van der Waals surface area contributed by atoms with Crippen LogP contribution < -0.4 is 10.2 Å². The van der Waals surface area contributed by atoms with Gasteiger partial charge in [0, 0.05) is 37.7 Å². The Morgan fingerprint density at radius 1 is 1.15 bits per heavy atom. The zero-order valence-corrected chi connectivity index (χ0v) is 21.1. The average molecular weight is 454 g/mol. The standard InChI is InChI=1S/C15H19N5O.C12H24/c1-10(21)11-8-19(9-11)15-12-2-5-16-6-3-13(12)18-14-4-7-17-20(14)15;1-4-10(2)11(3)12-8-6-5-7-9-12/h4,7,11,16H,2-3,5-6,8-9H2,1H3;10-12H,4-9H2,1-3H3. The molecule has 182 valence electrons. The first-order valence-electron chi connectivity index (χ1n) is 13.3. The van der Waals surface area contributed by atoms with E-state index in [1.807, 2.05) is 10.6 Å². The molecule has 33 heavy (non-hydrogen) atoms. The Morgan fingerprint density at radius 3 is 2.58 bits per heavy atom. The molecule has 0 radical (unpaired) electrons. The van der Waals surface area contributed by atoms with Crippen molar-refractivity contribution in [1.82, 2.24) is 19.9 Å². The van der Waals surface area contributed by atoms with Gasteiger partial charge in [-0.15, -0.1) is 0 Å². The lowest BCUT2D eigenvalue weighted by Gasteiger charge is -2.40. The minimum atomic E-state index is 0.170. The summed E-state index contributed by atoms with van der Waals surface area (Å²) in [4.78, 5) is 18.5. The summed E-state index contributed by atoms with van der Waals surface area (Å²) in [7, 11) is 0. The molecule has 2 fully saturated rings. The number of ketones is 1. The van der Waals surface area contributed by atoms with Crippen LogP contribution in [-0.2, 0) is 17.6 Å². The molecular formula is C27H43N5O. The summed E-state index contributed by atoms with van der Waals surface area (Å²) in [5.41, 5.74) is 3.37. The quantitative estimate of drug-likeness (QED) is 0.711. The molecule has 2 aliphatic heterocycles. The van der Waals surface area contributed by atoms with E-state index < -0.39 is 0 Å². The van der Waals surface area contributed by atoms with E-state index in [9.17, 15) is 4.79 Å². The molecule has 2 aromatic rings. The van der Waals surface area contributed by atoms with Crippen LogP contribution in [0.3, 0.4) is 0 Å². The number of carbonyl (C=O) groups is 1. The second kappa shape index (κ2) is 11.0. The van der Waals surface area contributed by atoms with E-state index in [1.165, 1.54) is 49.8 Å². The molecule has 1 saturated heterocycles. The van der Waals surface area contributed by atoms with Crippen LogP contribution in [0.5, 0.6) is 0 Å². The Morgan fingerprint density at radius 2 is 1.88 bits per heavy atom. The maximum Gasteiger partial charge on any atom is 0.157 e. The molecule has 3 aliphatic rings. The highest BCUT2D eigenvalue weighted by molar-refractivity contribution is 5.81. The van der Waals surface area contributed by atoms with Crippen LogP contribution in [0.4, 0.5) is 5.82 Å². The smallest absolute Gasteiger partial charge is 0.157 e. The number of hydrogen-bond acceptors (Lipinski definition) is 5. The Kier molecular flexibility index (Phi) is 8.05. The summed E-state index contributed by atoms with van der Waals surface area (Å²) >= 11 is 0. The average Bonchev–Trinajstić information content (AvgIpc) is 3.14. The van der Waals surface area contributed by atoms with Gasteiger partial charge in [0.1, 0.15) is 11.6 Å². The molecule has 2 aromatic heterocycles. The SMILES string of the molecule is CC(=O)C1CN(c2c3c(nc4ccnn24)CCNCC3)C1.CCC(C)C(C)C1CCCCC1. The summed E-state index contributed by atoms with van der Waals surface area (Å²) in [6.45, 7) is 12.4. The number of nitrogens with one attached hydrogen (secondary N) is 1. The second-order valence-corrected chi connectivity index (χ2v) is 10.6. The number of fused-ring (bicyclic) bond motifs is 2. The lowest BCUT2D eigenvalue weighted by molar-refractivity contribution is -0.121. The largest absolute Gasteiger partial charge is 0.355 e. The highest BCUT2D eigenvalue weighted by Gasteiger charge is 2.34. The van der Waals surface area contributed by atoms with Crippen molar-refractivity contribution in [2.24, 2.45) is 23.7 Å². The molecule has 0 bridgehead atoms. The minimum Gasteiger partial charge on any atom is -0.355 e. The molecule has 1 N–H and O–H groups in total. The molecule has 0 aromatic carbocycles. The van der Waals surface area contributed by atoms with Gasteiger partial charge in [-0.2, -0.15) is 9.61 Å². The number of carbonyl (C=O) groups excluding carboxylic acids is 1. The predicted molar refractivity (Wildman–Crippen MR) is 135 cm³/mol. The van der Waals surface area contributed by atoms with Crippen LogP contribution in [0.1, 0.15) is 77.5 Å². The molecule has 6 heteroatoms. The number of aromatic nitrogens is 3. The molecule has 2 atom stereocenters. The number of anilines is 1. The predicted octanol–water partition coefficient (Wildman–Crippen LogP) is 4.69. The van der Waals surface area contributed by atoms with Crippen LogP contribution in [0.25, 0.3) is 5.65 Å². The lowest BCUT2D eigenvalue weighted by atomic mass is 9.75. The van der Waals surface area contributed by atoms with E-state index in [2.05, 4.69) is 36.1 Å². The van der Waals surface area contributed by atoms with Crippen LogP contribution in [-0.4, -0.2) is 46.6 Å². The fourth-order valence-electron chi connectivity index (χ4n) is 5.74. The molecule has 4 heterocycles. The van der Waals surface area contributed by atoms with E-state index in [0.717, 1.165) is 68.2 Å². The van der Waals surface area contributed by atoms with Crippen molar-refractivity contribution in [3.05, 3.63) is 23.5 Å². The maximum absolute atomic E-state index is 11.5. The summed E-state index contributed by atoms with van der Waals surface area (Å²) in [6.07, 6.45) is 12.6. The fraction of sp³-hybridized carbons (Fsp3) is 0.741. The topological polar surface area (TPSA) is 62.5 Å². The Bertz CT molecular complexity index is 926. The molecular weight excluding hydrogens is 410 g/mol. The van der Waals surface area contributed by atoms with E-state index in [4.69, 9.17) is 4.98 Å². The number of Topliss-reactive ketones (excluding diaryl/α,β-unsaturated/α-hetero) is 1. The molecule has 6 nitrogen and oxygen atoms in total. The van der Waals surface area contributed by atoms with Gasteiger partial charge in [0.15, 0.2) is 5.65 Å². The van der Waals surface area contributed by atoms with Gasteiger partial charge in [0.2, 0.25) is 0 Å². The Hall–Kier alpha value is -1.95. The van der Waals surface area contributed by atoms with Crippen molar-refractivity contribution in [3.63, 3.8) is 0 Å². The Balaban J connectivity index is 0.000000185. The van der Waals surface area contributed by atoms with Crippen molar-refractivity contribution >= 4 is 17.2 Å². The highest BCUT2D eigenvalue weighted by Crippen LogP contribution is 2.34. The molecule has 0 amide bonds. The highest BCUT2D eigenvalue weighted by atomic mass is 16.1. The normalized spacial score (nSPS) is 21.4. The van der Waals surface area contributed by atoms with E-state index in [1.54, 1.807) is 13.1 Å². The zero-order valence-electron chi connectivity index (χ0n) is 21.1. The molecule has 5 rings (SSSR count). The van der Waals surface area contributed by atoms with Gasteiger partial charge in [-0.3, -0.25) is 4.79 Å². The van der Waals surface area contributed by atoms with Crippen molar-refractivity contribution in [2.75, 3.05) is 31.1 Å². The van der Waals surface area contributed by atoms with Crippen LogP contribution >= 0.6 is 0 Å². The number of hydrogen-bond donors (Lipinski definition) is 1. The molecule has 1 aliphatic carbocycles. The Labute approximate surface area is 199 Å². The third-order valence-electron chi connectivity index (χ3n) is 8.47. The van der Waals surface area contributed by atoms with Gasteiger partial charge >= 0.3 is 0 Å². The van der Waals surface area contributed by atoms with Gasteiger partial charge in [-0.1, -0.05) is 59.3 Å². The van der Waals surface area contributed by atoms with Gasteiger partial charge in [0.25, 0.3) is 0 Å². The summed E-state index contributed by atoms with van der Waals surface area (Å²) in [5.74, 6) is 4.55. The van der Waals surface area contributed by atoms with E-state index >= 15 is 0 Å². The number of rotatable bonds is 5. The lowest BCUT2D eigenvalue weighted by Crippen LogP contribution is -2.51. The second-order valence-electron chi connectivity index (χ2n) is 10.6. The third-order valence-corrected chi connectivity index (χ3v) is 8.47. The first-order valence-corrected chi connectivity index (χ1v) is 13.3. The van der Waals surface area contributed by atoms with Crippen molar-refractivity contribution in [1.29, 1.82) is 0 Å². The van der Waals surface area contributed by atoms with Gasteiger partial charge in [-0.05, 0) is 37.6 Å².